The maximum Gasteiger partial charge on any atom is 0.274 e. The van der Waals surface area contributed by atoms with E-state index in [-0.39, 0.29) is 6.04 Å². The average molecular weight is 248 g/mol. The minimum Gasteiger partial charge on any atom is -0.390 e. The van der Waals surface area contributed by atoms with Gasteiger partial charge in [0.25, 0.3) is 6.43 Å². The van der Waals surface area contributed by atoms with E-state index in [4.69, 9.17) is 0 Å². The third-order valence-electron chi connectivity index (χ3n) is 2.75. The van der Waals surface area contributed by atoms with Crippen LogP contribution in [0.25, 0.3) is 0 Å². The monoisotopic (exact) mass is 248 g/mol. The lowest BCUT2D eigenvalue weighted by atomic mass is 9.97. The number of carbonyl (C=O) groups is 1. The normalized spacial score (nSPS) is 23.2. The lowest BCUT2D eigenvalue weighted by Crippen LogP contribution is -2.41. The first-order chi connectivity index (χ1) is 8.17. The summed E-state index contributed by atoms with van der Waals surface area (Å²) in [6.07, 6.45) is 1.43. The van der Waals surface area contributed by atoms with Gasteiger partial charge in [0.1, 0.15) is 0 Å². The molecule has 6 heteroatoms. The van der Waals surface area contributed by atoms with Crippen molar-refractivity contribution in [1.82, 2.24) is 4.90 Å². The molecule has 98 valence electrons. The summed E-state index contributed by atoms with van der Waals surface area (Å²) in [5, 5.41) is 3.72. The first-order valence-corrected chi connectivity index (χ1v) is 5.84. The third-order valence-corrected chi connectivity index (χ3v) is 2.75. The number of amides is 1. The van der Waals surface area contributed by atoms with Crippen molar-refractivity contribution in [2.45, 2.75) is 45.1 Å². The highest BCUT2D eigenvalue weighted by Gasteiger charge is 2.24. The molecule has 0 aliphatic carbocycles. The van der Waals surface area contributed by atoms with E-state index >= 15 is 0 Å². The zero-order chi connectivity index (χ0) is 12.7. The van der Waals surface area contributed by atoms with Gasteiger partial charge in [-0.15, -0.1) is 0 Å². The fourth-order valence-electron chi connectivity index (χ4n) is 1.94. The summed E-state index contributed by atoms with van der Waals surface area (Å²) in [6, 6.07) is 0.125. The molecule has 0 aromatic rings. The van der Waals surface area contributed by atoms with E-state index < -0.39 is 13.0 Å². The molecule has 1 aliphatic heterocycles. The predicted molar refractivity (Wildman–Crippen MR) is 60.1 cm³/mol. The van der Waals surface area contributed by atoms with Gasteiger partial charge in [-0.2, -0.15) is 0 Å². The molecule has 17 heavy (non-hydrogen) atoms. The van der Waals surface area contributed by atoms with E-state index in [9.17, 15) is 13.6 Å². The Morgan fingerprint density at radius 2 is 2.41 bits per heavy atom. The summed E-state index contributed by atoms with van der Waals surface area (Å²) in [6.45, 7) is 1.96. The Morgan fingerprint density at radius 1 is 1.65 bits per heavy atom. The lowest BCUT2D eigenvalue weighted by molar-refractivity contribution is -0.120. The van der Waals surface area contributed by atoms with Crippen LogP contribution in [0.1, 0.15) is 32.6 Å². The molecule has 1 atom stereocenters. The van der Waals surface area contributed by atoms with Crippen molar-refractivity contribution in [2.75, 3.05) is 13.2 Å². The SMILES string of the molecule is CCCC1C/C(=N/OCC(F)F)CCN1C=O. The molecule has 1 heterocycles. The zero-order valence-corrected chi connectivity index (χ0v) is 9.94. The van der Waals surface area contributed by atoms with Crippen molar-refractivity contribution in [2.24, 2.45) is 5.16 Å². The topological polar surface area (TPSA) is 41.9 Å². The van der Waals surface area contributed by atoms with Crippen LogP contribution in [0.15, 0.2) is 5.16 Å². The van der Waals surface area contributed by atoms with Gasteiger partial charge in [0.05, 0.1) is 5.71 Å². The molecule has 1 rings (SSSR count). The molecule has 0 spiro atoms. The number of hydrogen-bond donors (Lipinski definition) is 0. The molecule has 0 saturated carbocycles. The lowest BCUT2D eigenvalue weighted by Gasteiger charge is -2.33. The van der Waals surface area contributed by atoms with Crippen molar-refractivity contribution < 1.29 is 18.4 Å². The van der Waals surface area contributed by atoms with Crippen molar-refractivity contribution in [3.05, 3.63) is 0 Å². The van der Waals surface area contributed by atoms with Crippen molar-refractivity contribution in [1.29, 1.82) is 0 Å². The number of halogens is 2. The zero-order valence-electron chi connectivity index (χ0n) is 9.94. The average Bonchev–Trinajstić information content (AvgIpc) is 2.29. The van der Waals surface area contributed by atoms with Crippen molar-refractivity contribution in [3.8, 4) is 0 Å². The van der Waals surface area contributed by atoms with E-state index in [0.29, 0.717) is 19.4 Å². The summed E-state index contributed by atoms with van der Waals surface area (Å²) in [4.78, 5) is 17.1. The highest BCUT2D eigenvalue weighted by atomic mass is 19.3. The molecule has 1 fully saturated rings. The second kappa shape index (κ2) is 7.19. The second-order valence-electron chi connectivity index (χ2n) is 4.08. The van der Waals surface area contributed by atoms with Gasteiger partial charge in [-0.05, 0) is 6.42 Å². The van der Waals surface area contributed by atoms with E-state index in [1.165, 1.54) is 0 Å². The molecular weight excluding hydrogens is 230 g/mol. The Labute approximate surface area is 99.6 Å². The smallest absolute Gasteiger partial charge is 0.274 e. The van der Waals surface area contributed by atoms with Gasteiger partial charge in [-0.3, -0.25) is 4.79 Å². The van der Waals surface area contributed by atoms with Crippen LogP contribution in [0.2, 0.25) is 0 Å². The predicted octanol–water partition coefficient (Wildman–Crippen LogP) is 2.04. The molecule has 0 bridgehead atoms. The fraction of sp³-hybridized carbons (Fsp3) is 0.818. The number of oxime groups is 1. The minimum atomic E-state index is -2.50. The van der Waals surface area contributed by atoms with Gasteiger partial charge >= 0.3 is 0 Å². The van der Waals surface area contributed by atoms with E-state index in [2.05, 4.69) is 9.99 Å². The molecule has 1 amide bonds. The van der Waals surface area contributed by atoms with E-state index in [0.717, 1.165) is 25.0 Å². The van der Waals surface area contributed by atoms with Crippen LogP contribution < -0.4 is 0 Å². The molecular formula is C11H18F2N2O2. The Balaban J connectivity index is 2.46. The number of carbonyl (C=O) groups excluding carboxylic acids is 1. The van der Waals surface area contributed by atoms with Crippen molar-refractivity contribution >= 4 is 12.1 Å². The second-order valence-corrected chi connectivity index (χ2v) is 4.08. The first-order valence-electron chi connectivity index (χ1n) is 5.84. The Morgan fingerprint density at radius 3 is 3.00 bits per heavy atom. The van der Waals surface area contributed by atoms with E-state index in [1.807, 2.05) is 6.92 Å². The highest BCUT2D eigenvalue weighted by molar-refractivity contribution is 5.86. The van der Waals surface area contributed by atoms with Crippen LogP contribution in [0.3, 0.4) is 0 Å². The maximum atomic E-state index is 11.9. The first kappa shape index (κ1) is 13.9. The molecule has 0 radical (unpaired) electrons. The molecule has 0 aromatic heterocycles. The summed E-state index contributed by atoms with van der Waals surface area (Å²) >= 11 is 0. The number of nitrogens with zero attached hydrogens (tertiary/aromatic N) is 2. The van der Waals surface area contributed by atoms with Crippen LogP contribution in [0.4, 0.5) is 8.78 Å². The number of rotatable bonds is 6. The summed E-state index contributed by atoms with van der Waals surface area (Å²) in [5.74, 6) is 0. The summed E-state index contributed by atoms with van der Waals surface area (Å²) in [5.41, 5.74) is 0.766. The molecule has 0 N–H and O–H groups in total. The summed E-state index contributed by atoms with van der Waals surface area (Å²) < 4.78 is 23.7. The Hall–Kier alpha value is -1.20. The van der Waals surface area contributed by atoms with Crippen LogP contribution in [-0.2, 0) is 9.63 Å². The fourth-order valence-corrected chi connectivity index (χ4v) is 1.94. The molecule has 1 unspecified atom stereocenters. The minimum absolute atomic E-state index is 0.125. The van der Waals surface area contributed by atoms with Gasteiger partial charge in [0.15, 0.2) is 6.61 Å². The van der Waals surface area contributed by atoms with Gasteiger partial charge in [0.2, 0.25) is 6.41 Å². The molecule has 4 nitrogen and oxygen atoms in total. The van der Waals surface area contributed by atoms with Crippen molar-refractivity contribution in [3.63, 3.8) is 0 Å². The van der Waals surface area contributed by atoms with Crippen LogP contribution in [0, 0.1) is 0 Å². The number of piperidine rings is 1. The third kappa shape index (κ3) is 4.66. The van der Waals surface area contributed by atoms with Gasteiger partial charge in [0, 0.05) is 25.4 Å². The number of alkyl halides is 2. The Kier molecular flexibility index (Phi) is 5.86. The molecule has 0 aromatic carbocycles. The standard InChI is InChI=1S/C11H18F2N2O2/c1-2-3-10-6-9(4-5-15(10)8-16)14-17-7-11(12)13/h8,10-11H,2-7H2,1H3/b14-9+. The summed E-state index contributed by atoms with van der Waals surface area (Å²) in [7, 11) is 0. The highest BCUT2D eigenvalue weighted by Crippen LogP contribution is 2.18. The number of hydrogen-bond acceptors (Lipinski definition) is 3. The van der Waals surface area contributed by atoms with Gasteiger partial charge in [-0.1, -0.05) is 18.5 Å². The van der Waals surface area contributed by atoms with Crippen LogP contribution >= 0.6 is 0 Å². The molecule has 1 aliphatic rings. The maximum absolute atomic E-state index is 11.9. The van der Waals surface area contributed by atoms with Gasteiger partial charge < -0.3 is 9.74 Å². The number of likely N-dealkylation sites (tertiary alicyclic amines) is 1. The van der Waals surface area contributed by atoms with Crippen LogP contribution in [-0.4, -0.2) is 42.6 Å². The van der Waals surface area contributed by atoms with Gasteiger partial charge in [-0.25, -0.2) is 8.78 Å². The quantitative estimate of drug-likeness (QED) is 0.533. The van der Waals surface area contributed by atoms with E-state index in [1.54, 1.807) is 4.90 Å². The largest absolute Gasteiger partial charge is 0.390 e. The van der Waals surface area contributed by atoms with Crippen LogP contribution in [0.5, 0.6) is 0 Å². The Bertz CT molecular complexity index is 272. The molecule has 1 saturated heterocycles.